The molecule has 2 heterocycles. The van der Waals surface area contributed by atoms with Crippen LogP contribution < -0.4 is 0 Å². The first-order valence-corrected chi connectivity index (χ1v) is 46.4. The number of hydrogen-bond donors (Lipinski definition) is 0. The third-order valence-electron chi connectivity index (χ3n) is 18.2. The first kappa shape index (κ1) is 84.1. The quantitative estimate of drug-likeness (QED) is 0.0546. The highest BCUT2D eigenvalue weighted by Gasteiger charge is 2.31. The van der Waals surface area contributed by atoms with Crippen LogP contribution in [-0.2, 0) is 0 Å². The zero-order valence-electron chi connectivity index (χ0n) is 58.3. The van der Waals surface area contributed by atoms with E-state index < -0.39 is 0 Å². The summed E-state index contributed by atoms with van der Waals surface area (Å²) in [7, 11) is 0. The number of unbranched alkanes of at least 4 members (excludes halogenated alkanes) is 60. The van der Waals surface area contributed by atoms with Gasteiger partial charge >= 0.3 is 0 Å². The zero-order valence-corrected chi connectivity index (χ0v) is 64.9. The lowest BCUT2D eigenvalue weighted by Crippen LogP contribution is -1.86. The lowest BCUT2D eigenvalue weighted by Gasteiger charge is -2.06. The molecule has 2 aliphatic rings. The predicted octanol–water partition coefficient (Wildman–Crippen LogP) is 33.3. The van der Waals surface area contributed by atoms with Crippen molar-refractivity contribution in [2.45, 2.75) is 439 Å². The minimum absolute atomic E-state index is 1.30. The fourth-order valence-corrected chi connectivity index (χ4v) is 24.6. The summed E-state index contributed by atoms with van der Waals surface area (Å²) in [6, 6.07) is 0. The van der Waals surface area contributed by atoms with Crippen LogP contribution in [0.15, 0.2) is 25.4 Å². The van der Waals surface area contributed by atoms with E-state index in [1.165, 1.54) is 434 Å². The van der Waals surface area contributed by atoms with Gasteiger partial charge in [0.25, 0.3) is 0 Å². The fraction of sp³-hybridized carbons (Fsp3) is 0.923. The molecule has 0 aliphatic carbocycles. The van der Waals surface area contributed by atoms with Crippen molar-refractivity contribution in [1.29, 1.82) is 0 Å². The molecule has 0 bridgehead atoms. The molecule has 0 saturated carbocycles. The molecule has 0 amide bonds. The van der Waals surface area contributed by atoms with E-state index in [9.17, 15) is 0 Å². The third-order valence-corrected chi connectivity index (χ3v) is 30.1. The van der Waals surface area contributed by atoms with Crippen molar-refractivity contribution in [3.63, 3.8) is 0 Å². The highest BCUT2D eigenvalue weighted by atomic mass is 32.3. The van der Waals surface area contributed by atoms with Crippen LogP contribution in [0.4, 0.5) is 0 Å². The number of thioether (sulfide) groups is 8. The molecule has 8 heteroatoms. The summed E-state index contributed by atoms with van der Waals surface area (Å²) >= 11 is 17.6. The Labute approximate surface area is 576 Å². The Balaban J connectivity index is 1.86. The largest absolute Gasteiger partial charge is 0.117 e. The molecule has 0 N–H and O–H groups in total. The smallest absolute Gasteiger partial charge is 0.0717 e. The fourth-order valence-electron chi connectivity index (χ4n) is 12.3. The standard InChI is InChI=1S/C78H148S8/c1-5-9-13-17-21-25-29-33-37-41-45-49-53-57-61-65-69-79-73-74(80-70-66-62-58-54-50-46-42-38-34-30-26-22-18-14-10-6-2)84-77(83-73)78-85-75(81-71-67-63-59-55-51-47-43-39-35-31-27-23-19-15-11-7-3)76(86-78)82-72-68-64-60-56-52-48-44-40-36-32-28-24-20-16-12-8-4/h5-72H2,1-4H3. The summed E-state index contributed by atoms with van der Waals surface area (Å²) in [5.41, 5.74) is 0. The van der Waals surface area contributed by atoms with Crippen molar-refractivity contribution in [3.8, 4) is 0 Å². The van der Waals surface area contributed by atoms with Gasteiger partial charge in [-0.25, -0.2) is 0 Å². The molecule has 0 aromatic rings. The molecule has 0 fully saturated rings. The number of hydrogen-bond acceptors (Lipinski definition) is 8. The molecule has 0 aromatic heterocycles. The van der Waals surface area contributed by atoms with E-state index >= 15 is 0 Å². The second-order valence-electron chi connectivity index (χ2n) is 26.7. The van der Waals surface area contributed by atoms with Gasteiger partial charge in [0.15, 0.2) is 0 Å². The molecular weight excluding hydrogens is 1190 g/mol. The van der Waals surface area contributed by atoms with Gasteiger partial charge < -0.3 is 0 Å². The Morgan fingerprint density at radius 2 is 0.256 bits per heavy atom. The molecule has 2 aliphatic heterocycles. The molecule has 508 valence electrons. The van der Waals surface area contributed by atoms with E-state index in [1.54, 1.807) is 25.4 Å². The van der Waals surface area contributed by atoms with E-state index in [2.05, 4.69) is 122 Å². The summed E-state index contributed by atoms with van der Waals surface area (Å²) in [5, 5.41) is 0. The van der Waals surface area contributed by atoms with Crippen molar-refractivity contribution >= 4 is 94.1 Å². The maximum absolute atomic E-state index is 2.33. The Morgan fingerprint density at radius 1 is 0.151 bits per heavy atom. The summed E-state index contributed by atoms with van der Waals surface area (Å²) in [6.07, 6.45) is 92.7. The Kier molecular flexibility index (Phi) is 68.3. The summed E-state index contributed by atoms with van der Waals surface area (Å²) in [4.78, 5) is 0. The monoisotopic (exact) mass is 1340 g/mol. The Hall–Kier alpha value is 2.02. The zero-order chi connectivity index (χ0) is 61.2. The maximum Gasteiger partial charge on any atom is 0.0717 e. The van der Waals surface area contributed by atoms with Gasteiger partial charge in [-0.3, -0.25) is 0 Å². The van der Waals surface area contributed by atoms with Gasteiger partial charge in [-0.05, 0) is 48.7 Å². The first-order valence-electron chi connectivity index (χ1n) is 39.2. The van der Waals surface area contributed by atoms with Crippen molar-refractivity contribution in [2.24, 2.45) is 0 Å². The van der Waals surface area contributed by atoms with E-state index in [0.29, 0.717) is 0 Å². The highest BCUT2D eigenvalue weighted by molar-refractivity contribution is 8.45. The molecule has 0 atom stereocenters. The minimum Gasteiger partial charge on any atom is -0.117 e. The van der Waals surface area contributed by atoms with Crippen LogP contribution in [0.3, 0.4) is 0 Å². The van der Waals surface area contributed by atoms with Gasteiger partial charge in [0, 0.05) is 0 Å². The SMILES string of the molecule is CCCCCCCCCCCCCCCCCCSC1=C(SCCCCCCCCCCCCCCCCCC)SC(=C2SC(SCCCCCCCCCCCCCCCCCC)=C(SCCCCCCCCCCCCCCCCCC)S2)S1. The van der Waals surface area contributed by atoms with Crippen molar-refractivity contribution < 1.29 is 0 Å². The summed E-state index contributed by atoms with van der Waals surface area (Å²) in [5.74, 6) is 5.19. The van der Waals surface area contributed by atoms with E-state index in [1.807, 2.05) is 0 Å². The van der Waals surface area contributed by atoms with Crippen LogP contribution in [0.2, 0.25) is 0 Å². The molecule has 0 nitrogen and oxygen atoms in total. The second-order valence-corrected chi connectivity index (χ2v) is 36.8. The molecule has 0 radical (unpaired) electrons. The van der Waals surface area contributed by atoms with Crippen LogP contribution in [0.5, 0.6) is 0 Å². The van der Waals surface area contributed by atoms with Gasteiger partial charge in [-0.1, -0.05) is 460 Å². The van der Waals surface area contributed by atoms with Crippen LogP contribution in [-0.4, -0.2) is 23.0 Å². The van der Waals surface area contributed by atoms with E-state index in [-0.39, 0.29) is 0 Å². The average molecular weight is 1340 g/mol. The van der Waals surface area contributed by atoms with Gasteiger partial charge in [0.05, 0.1) is 25.4 Å². The summed E-state index contributed by atoms with van der Waals surface area (Å²) in [6.45, 7) is 9.31. The van der Waals surface area contributed by atoms with Gasteiger partial charge in [-0.15, -0.1) is 47.0 Å². The lowest BCUT2D eigenvalue weighted by molar-refractivity contribution is 0.532. The van der Waals surface area contributed by atoms with Crippen LogP contribution in [0.1, 0.15) is 439 Å². The van der Waals surface area contributed by atoms with Crippen LogP contribution in [0.25, 0.3) is 0 Å². The molecule has 0 spiro atoms. The summed E-state index contributed by atoms with van der Waals surface area (Å²) < 4.78 is 9.83. The van der Waals surface area contributed by atoms with Crippen molar-refractivity contribution in [2.75, 3.05) is 23.0 Å². The molecular formula is C78H148S8. The van der Waals surface area contributed by atoms with Gasteiger partial charge in [0.2, 0.25) is 0 Å². The second kappa shape index (κ2) is 69.8. The predicted molar refractivity (Wildman–Crippen MR) is 419 cm³/mol. The molecule has 0 unspecified atom stereocenters. The van der Waals surface area contributed by atoms with Crippen molar-refractivity contribution in [3.05, 3.63) is 25.4 Å². The van der Waals surface area contributed by atoms with Gasteiger partial charge in [-0.2, -0.15) is 0 Å². The third kappa shape index (κ3) is 55.3. The van der Waals surface area contributed by atoms with Crippen molar-refractivity contribution in [1.82, 2.24) is 0 Å². The van der Waals surface area contributed by atoms with E-state index in [0.717, 1.165) is 0 Å². The van der Waals surface area contributed by atoms with Crippen LogP contribution >= 0.6 is 94.1 Å². The van der Waals surface area contributed by atoms with Gasteiger partial charge in [0.1, 0.15) is 0 Å². The lowest BCUT2D eigenvalue weighted by atomic mass is 10.0. The minimum atomic E-state index is 1.30. The maximum atomic E-state index is 2.33. The highest BCUT2D eigenvalue weighted by Crippen LogP contribution is 2.66. The number of rotatable bonds is 72. The molecule has 0 saturated heterocycles. The topological polar surface area (TPSA) is 0 Å². The first-order chi connectivity index (χ1) is 42.7. The Morgan fingerprint density at radius 3 is 0.372 bits per heavy atom. The average Bonchev–Trinajstić information content (AvgIpc) is 4.16. The molecule has 0 aromatic carbocycles. The molecule has 2 rings (SSSR count). The van der Waals surface area contributed by atoms with E-state index in [4.69, 9.17) is 0 Å². The molecule has 86 heavy (non-hydrogen) atoms. The Bertz CT molecular complexity index is 1280. The normalized spacial score (nSPS) is 13.8. The van der Waals surface area contributed by atoms with Crippen LogP contribution in [0, 0.1) is 0 Å².